The maximum atomic E-state index is 12.5. The van der Waals surface area contributed by atoms with Crippen LogP contribution in [0, 0.1) is 0 Å². The Morgan fingerprint density at radius 2 is 1.71 bits per heavy atom. The van der Waals surface area contributed by atoms with Gasteiger partial charge in [0.1, 0.15) is 0 Å². The van der Waals surface area contributed by atoms with Crippen LogP contribution in [0.1, 0.15) is 31.4 Å². The van der Waals surface area contributed by atoms with E-state index >= 15 is 0 Å². The highest BCUT2D eigenvalue weighted by Gasteiger charge is 2.36. The molecule has 5 heteroatoms. The minimum Gasteiger partial charge on any atom is -0.381 e. The molecular formula is C19H23N3O2. The molecule has 1 aromatic heterocycles. The third kappa shape index (κ3) is 3.63. The summed E-state index contributed by atoms with van der Waals surface area (Å²) in [6, 6.07) is 12.0. The Labute approximate surface area is 142 Å². The van der Waals surface area contributed by atoms with Crippen molar-refractivity contribution in [2.24, 2.45) is 5.73 Å². The van der Waals surface area contributed by atoms with Gasteiger partial charge >= 0.3 is 0 Å². The van der Waals surface area contributed by atoms with Crippen LogP contribution in [0.2, 0.25) is 0 Å². The Morgan fingerprint density at radius 1 is 1.12 bits per heavy atom. The topological polar surface area (TPSA) is 77.2 Å². The second-order valence-corrected chi connectivity index (χ2v) is 6.32. The molecule has 1 unspecified atom stereocenters. The van der Waals surface area contributed by atoms with Gasteiger partial charge in [-0.2, -0.15) is 0 Å². The molecule has 2 heterocycles. The number of aromatic nitrogens is 1. The van der Waals surface area contributed by atoms with Crippen molar-refractivity contribution in [1.82, 2.24) is 10.3 Å². The minimum atomic E-state index is -0.816. The molecule has 1 saturated heterocycles. The number of rotatable bonds is 4. The molecular weight excluding hydrogens is 302 g/mol. The summed E-state index contributed by atoms with van der Waals surface area (Å²) in [6.07, 6.45) is 4.68. The Balaban J connectivity index is 1.67. The number of carbonyl (C=O) groups is 1. The van der Waals surface area contributed by atoms with Gasteiger partial charge in [-0.15, -0.1) is 0 Å². The molecule has 2 aromatic rings. The van der Waals surface area contributed by atoms with Gasteiger partial charge in [-0.25, -0.2) is 0 Å². The quantitative estimate of drug-likeness (QED) is 0.905. The molecule has 0 aliphatic carbocycles. The number of pyridine rings is 1. The lowest BCUT2D eigenvalue weighted by Crippen LogP contribution is -2.57. The first-order valence-electron chi connectivity index (χ1n) is 8.26. The lowest BCUT2D eigenvalue weighted by Gasteiger charge is -2.33. The SMILES string of the molecule is CC(NC(=O)C1(N)CCOCC1)c1ccc(-c2ccncc2)cc1. The number of amides is 1. The predicted molar refractivity (Wildman–Crippen MR) is 93.2 cm³/mol. The molecule has 0 spiro atoms. The van der Waals surface area contributed by atoms with Crippen LogP contribution in [0.3, 0.4) is 0 Å². The fraction of sp³-hybridized carbons (Fsp3) is 0.368. The molecule has 0 saturated carbocycles. The van der Waals surface area contributed by atoms with Crippen molar-refractivity contribution in [3.63, 3.8) is 0 Å². The molecule has 1 amide bonds. The number of carbonyl (C=O) groups excluding carboxylic acids is 1. The normalized spacial score (nSPS) is 17.9. The number of benzene rings is 1. The molecule has 1 aliphatic rings. The Bertz CT molecular complexity index is 680. The fourth-order valence-corrected chi connectivity index (χ4v) is 2.90. The van der Waals surface area contributed by atoms with Crippen LogP contribution in [-0.2, 0) is 9.53 Å². The minimum absolute atomic E-state index is 0.0905. The van der Waals surface area contributed by atoms with E-state index in [4.69, 9.17) is 10.5 Å². The van der Waals surface area contributed by atoms with E-state index in [0.29, 0.717) is 26.1 Å². The Kier molecular flexibility index (Phi) is 4.92. The van der Waals surface area contributed by atoms with Gasteiger partial charge in [0.15, 0.2) is 0 Å². The summed E-state index contributed by atoms with van der Waals surface area (Å²) < 4.78 is 5.30. The highest BCUT2D eigenvalue weighted by atomic mass is 16.5. The summed E-state index contributed by atoms with van der Waals surface area (Å²) in [5, 5.41) is 3.04. The summed E-state index contributed by atoms with van der Waals surface area (Å²) in [4.78, 5) is 16.5. The van der Waals surface area contributed by atoms with Gasteiger partial charge in [-0.05, 0) is 48.6 Å². The molecule has 1 aromatic carbocycles. The number of nitrogens with zero attached hydrogens (tertiary/aromatic N) is 1. The zero-order valence-electron chi connectivity index (χ0n) is 13.9. The van der Waals surface area contributed by atoms with Crippen LogP contribution in [0.25, 0.3) is 11.1 Å². The lowest BCUT2D eigenvalue weighted by atomic mass is 9.90. The van der Waals surface area contributed by atoms with Crippen LogP contribution >= 0.6 is 0 Å². The van der Waals surface area contributed by atoms with Gasteiger partial charge in [0.05, 0.1) is 11.6 Å². The zero-order valence-corrected chi connectivity index (χ0v) is 13.9. The molecule has 1 atom stereocenters. The summed E-state index contributed by atoms with van der Waals surface area (Å²) >= 11 is 0. The molecule has 0 bridgehead atoms. The van der Waals surface area contributed by atoms with Gasteiger partial charge in [0.2, 0.25) is 5.91 Å². The van der Waals surface area contributed by atoms with E-state index in [9.17, 15) is 4.79 Å². The zero-order chi connectivity index (χ0) is 17.0. The predicted octanol–water partition coefficient (Wildman–Crippen LogP) is 2.43. The van der Waals surface area contributed by atoms with Crippen molar-refractivity contribution in [2.75, 3.05) is 13.2 Å². The largest absolute Gasteiger partial charge is 0.381 e. The Hall–Kier alpha value is -2.24. The van der Waals surface area contributed by atoms with Crippen molar-refractivity contribution in [2.45, 2.75) is 31.3 Å². The average Bonchev–Trinajstić information content (AvgIpc) is 2.63. The number of hydrogen-bond acceptors (Lipinski definition) is 4. The molecule has 1 fully saturated rings. The number of ether oxygens (including phenoxy) is 1. The van der Waals surface area contributed by atoms with Crippen molar-refractivity contribution in [3.05, 3.63) is 54.4 Å². The van der Waals surface area contributed by atoms with E-state index in [1.165, 1.54) is 0 Å². The van der Waals surface area contributed by atoms with E-state index < -0.39 is 5.54 Å². The monoisotopic (exact) mass is 325 g/mol. The van der Waals surface area contributed by atoms with E-state index in [-0.39, 0.29) is 11.9 Å². The molecule has 126 valence electrons. The first-order chi connectivity index (χ1) is 11.6. The van der Waals surface area contributed by atoms with E-state index in [2.05, 4.69) is 22.4 Å². The smallest absolute Gasteiger partial charge is 0.240 e. The first-order valence-corrected chi connectivity index (χ1v) is 8.26. The van der Waals surface area contributed by atoms with Crippen molar-refractivity contribution < 1.29 is 9.53 Å². The van der Waals surface area contributed by atoms with Gasteiger partial charge in [0, 0.05) is 25.6 Å². The second-order valence-electron chi connectivity index (χ2n) is 6.32. The van der Waals surface area contributed by atoms with Crippen LogP contribution in [0.4, 0.5) is 0 Å². The molecule has 1 aliphatic heterocycles. The molecule has 5 nitrogen and oxygen atoms in total. The summed E-state index contributed by atoms with van der Waals surface area (Å²) in [7, 11) is 0. The lowest BCUT2D eigenvalue weighted by molar-refractivity contribution is -0.130. The first kappa shape index (κ1) is 16.6. The van der Waals surface area contributed by atoms with Crippen LogP contribution in [0.5, 0.6) is 0 Å². The molecule has 3 N–H and O–H groups in total. The summed E-state index contributed by atoms with van der Waals surface area (Å²) in [6.45, 7) is 3.06. The van der Waals surface area contributed by atoms with Crippen molar-refractivity contribution >= 4 is 5.91 Å². The van der Waals surface area contributed by atoms with E-state index in [1.54, 1.807) is 12.4 Å². The van der Waals surface area contributed by atoms with Crippen LogP contribution in [-0.4, -0.2) is 29.6 Å². The number of nitrogens with one attached hydrogen (secondary N) is 1. The van der Waals surface area contributed by atoms with Crippen molar-refractivity contribution in [1.29, 1.82) is 0 Å². The van der Waals surface area contributed by atoms with Gasteiger partial charge in [-0.3, -0.25) is 9.78 Å². The highest BCUT2D eigenvalue weighted by molar-refractivity contribution is 5.86. The van der Waals surface area contributed by atoms with Crippen LogP contribution in [0.15, 0.2) is 48.8 Å². The molecule has 3 rings (SSSR count). The van der Waals surface area contributed by atoms with Crippen LogP contribution < -0.4 is 11.1 Å². The summed E-state index contributed by atoms with van der Waals surface area (Å²) in [5.41, 5.74) is 8.71. The van der Waals surface area contributed by atoms with Gasteiger partial charge < -0.3 is 15.8 Å². The standard InChI is InChI=1S/C19H23N3O2/c1-14(22-18(23)19(20)8-12-24-13-9-19)15-2-4-16(5-3-15)17-6-10-21-11-7-17/h2-7,10-11,14H,8-9,12-13,20H2,1H3,(H,22,23). The highest BCUT2D eigenvalue weighted by Crippen LogP contribution is 2.23. The Morgan fingerprint density at radius 3 is 2.33 bits per heavy atom. The number of hydrogen-bond donors (Lipinski definition) is 2. The maximum Gasteiger partial charge on any atom is 0.240 e. The van der Waals surface area contributed by atoms with E-state index in [1.807, 2.05) is 31.2 Å². The average molecular weight is 325 g/mol. The van der Waals surface area contributed by atoms with Gasteiger partial charge in [-0.1, -0.05) is 24.3 Å². The third-order valence-electron chi connectivity index (χ3n) is 4.61. The van der Waals surface area contributed by atoms with Gasteiger partial charge in [0.25, 0.3) is 0 Å². The number of nitrogens with two attached hydrogens (primary N) is 1. The fourth-order valence-electron chi connectivity index (χ4n) is 2.90. The molecule has 0 radical (unpaired) electrons. The van der Waals surface area contributed by atoms with Crippen molar-refractivity contribution in [3.8, 4) is 11.1 Å². The summed E-state index contributed by atoms with van der Waals surface area (Å²) in [5.74, 6) is -0.100. The third-order valence-corrected chi connectivity index (χ3v) is 4.61. The maximum absolute atomic E-state index is 12.5. The second kappa shape index (κ2) is 7.11. The molecule has 24 heavy (non-hydrogen) atoms. The van der Waals surface area contributed by atoms with E-state index in [0.717, 1.165) is 16.7 Å².